The van der Waals surface area contributed by atoms with Gasteiger partial charge in [0, 0.05) is 12.1 Å². The molecular formula is C24H30N4O4. The van der Waals surface area contributed by atoms with E-state index in [9.17, 15) is 20.0 Å². The van der Waals surface area contributed by atoms with Gasteiger partial charge in [0.25, 0.3) is 5.56 Å². The summed E-state index contributed by atoms with van der Waals surface area (Å²) in [4.78, 5) is 24.9. The molecule has 32 heavy (non-hydrogen) atoms. The van der Waals surface area contributed by atoms with Gasteiger partial charge >= 0.3 is 5.97 Å². The molecule has 1 unspecified atom stereocenters. The van der Waals surface area contributed by atoms with Crippen molar-refractivity contribution >= 4 is 17.3 Å². The minimum Gasteiger partial charge on any atom is -0.493 e. The van der Waals surface area contributed by atoms with Gasteiger partial charge in [0.15, 0.2) is 5.69 Å². The topological polar surface area (TPSA) is 117 Å². The van der Waals surface area contributed by atoms with Crippen LogP contribution in [0.4, 0.5) is 11.4 Å². The van der Waals surface area contributed by atoms with E-state index in [1.165, 1.54) is 6.92 Å². The van der Waals surface area contributed by atoms with Crippen molar-refractivity contribution in [3.8, 4) is 11.9 Å². The van der Waals surface area contributed by atoms with E-state index in [0.717, 1.165) is 30.3 Å². The normalized spacial score (nSPS) is 12.0. The van der Waals surface area contributed by atoms with Crippen LogP contribution in [0.3, 0.4) is 0 Å². The van der Waals surface area contributed by atoms with Gasteiger partial charge in [-0.2, -0.15) is 10.4 Å². The lowest BCUT2D eigenvalue weighted by atomic mass is 10.0. The molecule has 0 aliphatic rings. The number of carbonyl (C=O) groups is 1. The number of hydrogen-bond donors (Lipinski definition) is 1. The van der Waals surface area contributed by atoms with Gasteiger partial charge in [-0.3, -0.25) is 9.36 Å². The lowest BCUT2D eigenvalue weighted by molar-refractivity contribution is 0.0428. The van der Waals surface area contributed by atoms with Crippen molar-refractivity contribution in [2.45, 2.75) is 59.9 Å². The summed E-state index contributed by atoms with van der Waals surface area (Å²) in [7, 11) is 0. The highest BCUT2D eigenvalue weighted by molar-refractivity contribution is 5.89. The number of nitrogens with zero attached hydrogens (tertiary/aromatic N) is 4. The molecule has 2 rings (SSSR count). The Kier molecular flexibility index (Phi) is 9.14. The predicted octanol–water partition coefficient (Wildman–Crippen LogP) is 5.54. The number of benzene rings is 1. The quantitative estimate of drug-likeness (QED) is 0.386. The number of pyridine rings is 1. The van der Waals surface area contributed by atoms with Crippen LogP contribution < -0.4 is 5.56 Å². The molecule has 0 saturated carbocycles. The number of rotatable bonds is 10. The summed E-state index contributed by atoms with van der Waals surface area (Å²) in [5, 5.41) is 27.5. The van der Waals surface area contributed by atoms with Crippen LogP contribution >= 0.6 is 0 Å². The Bertz CT molecular complexity index is 1070. The van der Waals surface area contributed by atoms with Crippen LogP contribution in [0.2, 0.25) is 0 Å². The molecule has 0 fully saturated rings. The van der Waals surface area contributed by atoms with Crippen LogP contribution in [-0.2, 0) is 11.3 Å². The monoisotopic (exact) mass is 438 g/mol. The number of unbranched alkanes of at least 4 members (excludes halogenated alkanes) is 1. The summed E-state index contributed by atoms with van der Waals surface area (Å²) in [5.41, 5.74) is 0.556. The zero-order valence-corrected chi connectivity index (χ0v) is 19.1. The van der Waals surface area contributed by atoms with Gasteiger partial charge in [-0.1, -0.05) is 33.1 Å². The van der Waals surface area contributed by atoms with Crippen molar-refractivity contribution in [3.63, 3.8) is 0 Å². The van der Waals surface area contributed by atoms with Crippen LogP contribution in [0.1, 0.15) is 67.9 Å². The Balaban J connectivity index is 2.16. The van der Waals surface area contributed by atoms with Crippen LogP contribution in [0, 0.1) is 24.2 Å². The molecule has 0 saturated heterocycles. The average Bonchev–Trinajstić information content (AvgIpc) is 2.80. The molecule has 170 valence electrons. The van der Waals surface area contributed by atoms with Gasteiger partial charge in [-0.05, 0) is 50.5 Å². The highest BCUT2D eigenvalue weighted by atomic mass is 16.5. The Labute approximate surface area is 188 Å². The maximum absolute atomic E-state index is 12.6. The first-order valence-electron chi connectivity index (χ1n) is 10.9. The van der Waals surface area contributed by atoms with Gasteiger partial charge in [-0.25, -0.2) is 4.79 Å². The van der Waals surface area contributed by atoms with E-state index >= 15 is 0 Å². The number of aromatic hydroxyl groups is 1. The molecule has 8 heteroatoms. The maximum Gasteiger partial charge on any atom is 0.338 e. The molecule has 0 bridgehead atoms. The minimum atomic E-state index is -0.529. The number of carbonyl (C=O) groups excluding carboxylic acids is 1. The fourth-order valence-corrected chi connectivity index (χ4v) is 3.30. The molecule has 1 aromatic heterocycles. The van der Waals surface area contributed by atoms with Gasteiger partial charge in [0.05, 0.1) is 17.9 Å². The summed E-state index contributed by atoms with van der Waals surface area (Å²) in [6, 6.07) is 8.30. The second kappa shape index (κ2) is 11.8. The van der Waals surface area contributed by atoms with Crippen LogP contribution in [0.25, 0.3) is 0 Å². The fraction of sp³-hybridized carbons (Fsp3) is 0.458. The third-order valence-electron chi connectivity index (χ3n) is 5.45. The molecule has 0 radical (unpaired) electrons. The third kappa shape index (κ3) is 5.82. The molecule has 8 nitrogen and oxygen atoms in total. The Hall–Kier alpha value is -3.47. The Morgan fingerprint density at radius 2 is 1.91 bits per heavy atom. The first-order valence-corrected chi connectivity index (χ1v) is 10.9. The highest BCUT2D eigenvalue weighted by Gasteiger charge is 2.18. The summed E-state index contributed by atoms with van der Waals surface area (Å²) in [6.07, 6.45) is 4.25. The SMILES string of the molecule is CCCCC(CC)COC(=O)c1ccc(N=Nc2c(C)c(C#N)c(O)n(CC)c2=O)cc1. The molecule has 0 amide bonds. The van der Waals surface area contributed by atoms with Crippen molar-refractivity contribution in [1.82, 2.24) is 4.57 Å². The first kappa shape index (κ1) is 24.8. The number of esters is 1. The number of hydrogen-bond acceptors (Lipinski definition) is 7. The van der Waals surface area contributed by atoms with Crippen molar-refractivity contribution in [2.75, 3.05) is 6.61 Å². The fourth-order valence-electron chi connectivity index (χ4n) is 3.30. The molecule has 0 spiro atoms. The minimum absolute atomic E-state index is 0.0113. The standard InChI is InChI=1S/C24H30N4O4/c1-5-8-9-17(6-2)15-32-24(31)18-10-12-19(13-11-18)26-27-21-16(4)20(14-25)22(29)28(7-3)23(21)30/h10-13,17,29H,5-9,15H2,1-4H3. The van der Waals surface area contributed by atoms with Gasteiger partial charge < -0.3 is 9.84 Å². The Morgan fingerprint density at radius 1 is 1.22 bits per heavy atom. The molecule has 1 aromatic carbocycles. The number of ether oxygens (including phenoxy) is 1. The van der Waals surface area contributed by atoms with Crippen molar-refractivity contribution in [2.24, 2.45) is 16.1 Å². The van der Waals surface area contributed by atoms with Crippen LogP contribution in [-0.4, -0.2) is 22.2 Å². The largest absolute Gasteiger partial charge is 0.493 e. The lowest BCUT2D eigenvalue weighted by Crippen LogP contribution is -2.20. The number of azo groups is 1. The van der Waals surface area contributed by atoms with Crippen molar-refractivity contribution < 1.29 is 14.6 Å². The smallest absolute Gasteiger partial charge is 0.338 e. The zero-order chi connectivity index (χ0) is 23.7. The second-order valence-electron chi connectivity index (χ2n) is 7.60. The van der Waals surface area contributed by atoms with Crippen molar-refractivity contribution in [3.05, 3.63) is 51.3 Å². The van der Waals surface area contributed by atoms with E-state index in [-0.39, 0.29) is 35.2 Å². The molecule has 1 N–H and O–H groups in total. The number of nitriles is 1. The van der Waals surface area contributed by atoms with E-state index in [1.807, 2.05) is 6.07 Å². The predicted molar refractivity (Wildman–Crippen MR) is 122 cm³/mol. The van der Waals surface area contributed by atoms with Gasteiger partial charge in [0.2, 0.25) is 5.88 Å². The number of aromatic nitrogens is 1. The summed E-state index contributed by atoms with van der Waals surface area (Å²) in [5.74, 6) is -0.396. The summed E-state index contributed by atoms with van der Waals surface area (Å²) in [6.45, 7) is 8.05. The molecular weight excluding hydrogens is 408 g/mol. The lowest BCUT2D eigenvalue weighted by Gasteiger charge is -2.14. The van der Waals surface area contributed by atoms with E-state index in [0.29, 0.717) is 23.8 Å². The van der Waals surface area contributed by atoms with E-state index in [4.69, 9.17) is 4.74 Å². The third-order valence-corrected chi connectivity index (χ3v) is 5.45. The first-order chi connectivity index (χ1) is 15.4. The highest BCUT2D eigenvalue weighted by Crippen LogP contribution is 2.27. The molecule has 0 aliphatic heterocycles. The molecule has 1 atom stereocenters. The van der Waals surface area contributed by atoms with E-state index in [2.05, 4.69) is 24.1 Å². The maximum atomic E-state index is 12.6. The van der Waals surface area contributed by atoms with E-state index < -0.39 is 5.56 Å². The molecule has 1 heterocycles. The molecule has 0 aliphatic carbocycles. The zero-order valence-electron chi connectivity index (χ0n) is 19.1. The Morgan fingerprint density at radius 3 is 2.47 bits per heavy atom. The average molecular weight is 439 g/mol. The van der Waals surface area contributed by atoms with Gasteiger partial charge in [0.1, 0.15) is 11.6 Å². The van der Waals surface area contributed by atoms with Crippen LogP contribution in [0.5, 0.6) is 5.88 Å². The second-order valence-corrected chi connectivity index (χ2v) is 7.60. The molecule has 2 aromatic rings. The van der Waals surface area contributed by atoms with Crippen LogP contribution in [0.15, 0.2) is 39.3 Å². The summed E-state index contributed by atoms with van der Waals surface area (Å²) < 4.78 is 6.52. The van der Waals surface area contributed by atoms with E-state index in [1.54, 1.807) is 31.2 Å². The van der Waals surface area contributed by atoms with Crippen molar-refractivity contribution in [1.29, 1.82) is 5.26 Å². The summed E-state index contributed by atoms with van der Waals surface area (Å²) >= 11 is 0. The van der Waals surface area contributed by atoms with Gasteiger partial charge in [-0.15, -0.1) is 5.11 Å².